The summed E-state index contributed by atoms with van der Waals surface area (Å²) in [5.74, 6) is -1.05. The van der Waals surface area contributed by atoms with Gasteiger partial charge >= 0.3 is 12.0 Å². The van der Waals surface area contributed by atoms with Gasteiger partial charge < -0.3 is 20.2 Å². The number of carbonyl (C=O) groups is 2. The molecule has 2 rings (SSSR count). The van der Waals surface area contributed by atoms with Crippen LogP contribution in [0.4, 0.5) is 4.79 Å². The Morgan fingerprint density at radius 1 is 1.43 bits per heavy atom. The number of hydrogen-bond donors (Lipinski definition) is 3. The van der Waals surface area contributed by atoms with Crippen molar-refractivity contribution in [2.75, 3.05) is 0 Å². The maximum atomic E-state index is 11.9. The molecule has 0 spiro atoms. The van der Waals surface area contributed by atoms with Gasteiger partial charge in [-0.2, -0.15) is 0 Å². The minimum atomic E-state index is -1.62. The summed E-state index contributed by atoms with van der Waals surface area (Å²) in [6, 6.07) is 6.24. The van der Waals surface area contributed by atoms with Crippen molar-refractivity contribution in [3.8, 4) is 0 Å². The Kier molecular flexibility index (Phi) is 4.69. The number of urea groups is 1. The van der Waals surface area contributed by atoms with Crippen LogP contribution in [0.1, 0.15) is 17.6 Å². The quantitative estimate of drug-likeness (QED) is 0.752. The average molecular weight is 373 g/mol. The number of furan rings is 1. The van der Waals surface area contributed by atoms with Crippen molar-refractivity contribution in [1.29, 1.82) is 0 Å². The first-order valence-corrected chi connectivity index (χ1v) is 7.60. The number of carboxylic acid groups (broad SMARTS) is 1. The Balaban J connectivity index is 2.01. The molecule has 0 radical (unpaired) electrons. The van der Waals surface area contributed by atoms with Crippen LogP contribution in [0, 0.1) is 0 Å². The molecule has 2 heterocycles. The average Bonchev–Trinajstić information content (AvgIpc) is 3.07. The van der Waals surface area contributed by atoms with E-state index < -0.39 is 17.5 Å². The summed E-state index contributed by atoms with van der Waals surface area (Å²) in [6.07, 6.45) is 1.36. The molecule has 0 saturated heterocycles. The molecule has 0 aliphatic rings. The molecular weight excluding hydrogens is 360 g/mol. The third-order valence-electron chi connectivity index (χ3n) is 2.86. The second-order valence-electron chi connectivity index (χ2n) is 4.42. The van der Waals surface area contributed by atoms with Gasteiger partial charge in [0.15, 0.2) is 5.54 Å². The number of halogens is 1. The predicted octanol–water partition coefficient (Wildman–Crippen LogP) is 2.90. The minimum Gasteiger partial charge on any atom is -0.479 e. The highest BCUT2D eigenvalue weighted by Crippen LogP contribution is 2.23. The van der Waals surface area contributed by atoms with Gasteiger partial charge in [-0.15, -0.1) is 11.3 Å². The second kappa shape index (κ2) is 6.31. The molecule has 2 amide bonds. The van der Waals surface area contributed by atoms with Crippen molar-refractivity contribution in [2.24, 2.45) is 0 Å². The molecule has 0 aliphatic carbocycles. The first-order chi connectivity index (χ1) is 9.91. The summed E-state index contributed by atoms with van der Waals surface area (Å²) in [6.45, 7) is 1.69. The number of hydrogen-bond acceptors (Lipinski definition) is 4. The van der Waals surface area contributed by atoms with Gasteiger partial charge in [-0.05, 0) is 47.1 Å². The smallest absolute Gasteiger partial charge is 0.337 e. The molecule has 0 fully saturated rings. The van der Waals surface area contributed by atoms with E-state index in [4.69, 9.17) is 4.42 Å². The van der Waals surface area contributed by atoms with Crippen LogP contribution in [0.5, 0.6) is 0 Å². The standard InChI is InChI=1S/C13H13BrN2O4S/c1-13(11(17)18,9-3-2-6-20-9)16-12(19)15-7-8-4-5-10(14)21-8/h2-6H,7H2,1H3,(H,17,18)(H2,15,16,19). The second-order valence-corrected chi connectivity index (χ2v) is 6.97. The lowest BCUT2D eigenvalue weighted by molar-refractivity contribution is -0.144. The zero-order chi connectivity index (χ0) is 15.5. The first-order valence-electron chi connectivity index (χ1n) is 5.99. The lowest BCUT2D eigenvalue weighted by Gasteiger charge is -2.24. The van der Waals surface area contributed by atoms with Crippen LogP contribution in [-0.2, 0) is 16.9 Å². The molecule has 3 N–H and O–H groups in total. The summed E-state index contributed by atoms with van der Waals surface area (Å²) in [5, 5.41) is 14.4. The number of aliphatic carboxylic acids is 1. The summed E-state index contributed by atoms with van der Waals surface area (Å²) >= 11 is 4.82. The van der Waals surface area contributed by atoms with Gasteiger partial charge in [0.25, 0.3) is 0 Å². The summed E-state index contributed by atoms with van der Waals surface area (Å²) in [5.41, 5.74) is -1.62. The van der Waals surface area contributed by atoms with Crippen LogP contribution in [0.3, 0.4) is 0 Å². The van der Waals surface area contributed by atoms with E-state index >= 15 is 0 Å². The molecule has 112 valence electrons. The Labute approximate surface area is 133 Å². The number of rotatable bonds is 5. The van der Waals surface area contributed by atoms with E-state index in [1.165, 1.54) is 30.6 Å². The maximum absolute atomic E-state index is 11.9. The van der Waals surface area contributed by atoms with E-state index in [9.17, 15) is 14.7 Å². The minimum absolute atomic E-state index is 0.156. The molecule has 0 aromatic carbocycles. The van der Waals surface area contributed by atoms with Gasteiger partial charge in [0.05, 0.1) is 16.6 Å². The van der Waals surface area contributed by atoms with E-state index in [0.29, 0.717) is 6.54 Å². The molecular formula is C13H13BrN2O4S. The van der Waals surface area contributed by atoms with Gasteiger partial charge in [0.2, 0.25) is 0 Å². The van der Waals surface area contributed by atoms with Crippen molar-refractivity contribution in [3.63, 3.8) is 0 Å². The topological polar surface area (TPSA) is 91.6 Å². The van der Waals surface area contributed by atoms with Crippen molar-refractivity contribution in [2.45, 2.75) is 19.0 Å². The van der Waals surface area contributed by atoms with Crippen LogP contribution in [-0.4, -0.2) is 17.1 Å². The van der Waals surface area contributed by atoms with E-state index in [0.717, 1.165) is 8.66 Å². The van der Waals surface area contributed by atoms with Crippen LogP contribution in [0.2, 0.25) is 0 Å². The van der Waals surface area contributed by atoms with Crippen LogP contribution in [0.15, 0.2) is 38.7 Å². The Morgan fingerprint density at radius 2 is 2.19 bits per heavy atom. The normalized spacial score (nSPS) is 13.4. The summed E-state index contributed by atoms with van der Waals surface area (Å²) in [7, 11) is 0. The fraction of sp³-hybridized carbons (Fsp3) is 0.231. The number of amides is 2. The Hall–Kier alpha value is -1.80. The van der Waals surface area contributed by atoms with Crippen molar-refractivity contribution < 1.29 is 19.1 Å². The lowest BCUT2D eigenvalue weighted by Crippen LogP contribution is -2.52. The van der Waals surface area contributed by atoms with E-state index in [-0.39, 0.29) is 5.76 Å². The maximum Gasteiger partial charge on any atom is 0.337 e. The molecule has 0 bridgehead atoms. The molecule has 0 saturated carbocycles. The monoisotopic (exact) mass is 372 g/mol. The fourth-order valence-electron chi connectivity index (χ4n) is 1.67. The highest BCUT2D eigenvalue weighted by atomic mass is 79.9. The van der Waals surface area contributed by atoms with Gasteiger partial charge in [0.1, 0.15) is 5.76 Å². The molecule has 2 aromatic rings. The Morgan fingerprint density at radius 3 is 2.71 bits per heavy atom. The van der Waals surface area contributed by atoms with E-state index in [2.05, 4.69) is 26.6 Å². The van der Waals surface area contributed by atoms with Crippen molar-refractivity contribution in [1.82, 2.24) is 10.6 Å². The molecule has 1 atom stereocenters. The van der Waals surface area contributed by atoms with E-state index in [1.54, 1.807) is 6.07 Å². The van der Waals surface area contributed by atoms with E-state index in [1.807, 2.05) is 12.1 Å². The molecule has 1 unspecified atom stereocenters. The number of nitrogens with one attached hydrogen (secondary N) is 2. The molecule has 2 aromatic heterocycles. The summed E-state index contributed by atoms with van der Waals surface area (Å²) < 4.78 is 6.06. The fourth-order valence-corrected chi connectivity index (χ4v) is 3.09. The number of carboxylic acids is 1. The highest BCUT2D eigenvalue weighted by Gasteiger charge is 2.39. The molecule has 8 heteroatoms. The lowest BCUT2D eigenvalue weighted by atomic mass is 9.99. The van der Waals surface area contributed by atoms with Gasteiger partial charge in [-0.25, -0.2) is 9.59 Å². The zero-order valence-electron chi connectivity index (χ0n) is 11.1. The predicted molar refractivity (Wildman–Crippen MR) is 81.1 cm³/mol. The van der Waals surface area contributed by atoms with Crippen LogP contribution < -0.4 is 10.6 Å². The SMILES string of the molecule is CC(NC(=O)NCc1ccc(Br)s1)(C(=O)O)c1ccco1. The third-order valence-corrected chi connectivity index (χ3v) is 4.48. The van der Waals surface area contributed by atoms with Crippen molar-refractivity contribution >= 4 is 39.3 Å². The molecule has 21 heavy (non-hydrogen) atoms. The number of thiophene rings is 1. The van der Waals surface area contributed by atoms with Crippen LogP contribution >= 0.6 is 27.3 Å². The van der Waals surface area contributed by atoms with Gasteiger partial charge in [-0.1, -0.05) is 0 Å². The Bertz CT molecular complexity index is 640. The van der Waals surface area contributed by atoms with Gasteiger partial charge in [-0.3, -0.25) is 0 Å². The zero-order valence-corrected chi connectivity index (χ0v) is 13.5. The van der Waals surface area contributed by atoms with Gasteiger partial charge in [0, 0.05) is 4.88 Å². The molecule has 0 aliphatic heterocycles. The molecule has 6 nitrogen and oxygen atoms in total. The van der Waals surface area contributed by atoms with Crippen LogP contribution in [0.25, 0.3) is 0 Å². The highest BCUT2D eigenvalue weighted by molar-refractivity contribution is 9.11. The first kappa shape index (κ1) is 15.6. The van der Waals surface area contributed by atoms with Crippen molar-refractivity contribution in [3.05, 3.63) is 45.0 Å². The number of carbonyl (C=O) groups excluding carboxylic acids is 1. The summed E-state index contributed by atoms with van der Waals surface area (Å²) in [4.78, 5) is 24.3. The third kappa shape index (κ3) is 3.64. The largest absolute Gasteiger partial charge is 0.479 e.